The minimum atomic E-state index is -3.73. The van der Waals surface area contributed by atoms with Crippen LogP contribution in [-0.4, -0.2) is 18.6 Å². The number of aromatic nitrogens is 2. The average molecular weight is 359 g/mol. The number of anilines is 1. The number of aryl methyl sites for hydroxylation is 2. The third-order valence-electron chi connectivity index (χ3n) is 2.87. The third kappa shape index (κ3) is 2.87. The van der Waals surface area contributed by atoms with Crippen molar-refractivity contribution in [3.8, 4) is 0 Å². The molecule has 20 heavy (non-hydrogen) atoms. The molecular formula is C12H15BrN4O2S. The third-order valence-corrected chi connectivity index (χ3v) is 4.93. The van der Waals surface area contributed by atoms with Gasteiger partial charge in [0, 0.05) is 11.0 Å². The van der Waals surface area contributed by atoms with E-state index in [2.05, 4.69) is 30.8 Å². The molecule has 8 heteroatoms. The predicted molar refractivity (Wildman–Crippen MR) is 80.9 cm³/mol. The lowest BCUT2D eigenvalue weighted by atomic mass is 10.2. The van der Waals surface area contributed by atoms with E-state index >= 15 is 0 Å². The predicted octanol–water partition coefficient (Wildman–Crippen LogP) is 2.05. The van der Waals surface area contributed by atoms with Crippen molar-refractivity contribution in [3.63, 3.8) is 0 Å². The number of nitrogens with zero attached hydrogens (tertiary/aromatic N) is 1. The first-order valence-corrected chi connectivity index (χ1v) is 8.15. The van der Waals surface area contributed by atoms with Gasteiger partial charge in [0.25, 0.3) is 10.0 Å². The monoisotopic (exact) mass is 358 g/mol. The highest BCUT2D eigenvalue weighted by atomic mass is 79.9. The maximum absolute atomic E-state index is 12.5. The smallest absolute Gasteiger partial charge is 0.265 e. The standard InChI is InChI=1S/C12H15BrN4O2S/c1-7-3-4-9(13)5-10(7)17-20(18,19)12-8(2)15-16-11(12)6-14/h3-5,17H,6,14H2,1-2H3,(H,15,16). The summed E-state index contributed by atoms with van der Waals surface area (Å²) in [5.74, 6) is 0. The largest absolute Gasteiger partial charge is 0.325 e. The van der Waals surface area contributed by atoms with E-state index in [-0.39, 0.29) is 11.4 Å². The van der Waals surface area contributed by atoms with Crippen molar-refractivity contribution in [3.05, 3.63) is 39.6 Å². The number of aromatic amines is 1. The Hall–Kier alpha value is -1.38. The van der Waals surface area contributed by atoms with Gasteiger partial charge in [-0.05, 0) is 31.5 Å². The normalized spacial score (nSPS) is 11.6. The first-order chi connectivity index (χ1) is 9.35. The van der Waals surface area contributed by atoms with Gasteiger partial charge < -0.3 is 5.73 Å². The van der Waals surface area contributed by atoms with Crippen LogP contribution in [0.5, 0.6) is 0 Å². The van der Waals surface area contributed by atoms with Crippen molar-refractivity contribution < 1.29 is 8.42 Å². The molecule has 1 aromatic heterocycles. The lowest BCUT2D eigenvalue weighted by Gasteiger charge is -2.11. The maximum Gasteiger partial charge on any atom is 0.265 e. The van der Waals surface area contributed by atoms with E-state index in [1.54, 1.807) is 13.0 Å². The fourth-order valence-corrected chi connectivity index (χ4v) is 3.72. The molecule has 0 saturated carbocycles. The van der Waals surface area contributed by atoms with Gasteiger partial charge in [-0.1, -0.05) is 22.0 Å². The zero-order valence-corrected chi connectivity index (χ0v) is 13.5. The highest BCUT2D eigenvalue weighted by Crippen LogP contribution is 2.25. The van der Waals surface area contributed by atoms with Gasteiger partial charge in [-0.15, -0.1) is 0 Å². The number of H-pyrrole nitrogens is 1. The van der Waals surface area contributed by atoms with Crippen LogP contribution in [-0.2, 0) is 16.6 Å². The Bertz CT molecular complexity index is 740. The van der Waals surface area contributed by atoms with Crippen LogP contribution in [0.25, 0.3) is 0 Å². The second-order valence-electron chi connectivity index (χ2n) is 4.39. The molecule has 0 bridgehead atoms. The van der Waals surface area contributed by atoms with E-state index in [1.807, 2.05) is 19.1 Å². The van der Waals surface area contributed by atoms with Crippen LogP contribution in [0.2, 0.25) is 0 Å². The van der Waals surface area contributed by atoms with E-state index < -0.39 is 10.0 Å². The van der Waals surface area contributed by atoms with Gasteiger partial charge in [0.1, 0.15) is 4.90 Å². The summed E-state index contributed by atoms with van der Waals surface area (Å²) in [6.07, 6.45) is 0. The molecule has 0 atom stereocenters. The number of hydrogen-bond donors (Lipinski definition) is 3. The van der Waals surface area contributed by atoms with Crippen LogP contribution < -0.4 is 10.5 Å². The first kappa shape index (κ1) is 15.0. The molecule has 0 aliphatic rings. The Morgan fingerprint density at radius 1 is 1.40 bits per heavy atom. The van der Waals surface area contributed by atoms with Gasteiger partial charge >= 0.3 is 0 Å². The number of benzene rings is 1. The zero-order chi connectivity index (χ0) is 14.9. The molecule has 0 amide bonds. The quantitative estimate of drug-likeness (QED) is 0.778. The van der Waals surface area contributed by atoms with Crippen LogP contribution in [0.1, 0.15) is 17.0 Å². The van der Waals surface area contributed by atoms with Crippen LogP contribution in [0.15, 0.2) is 27.6 Å². The second-order valence-corrected chi connectivity index (χ2v) is 6.93. The van der Waals surface area contributed by atoms with Gasteiger partial charge in [-0.3, -0.25) is 9.82 Å². The number of sulfonamides is 1. The lowest BCUT2D eigenvalue weighted by Crippen LogP contribution is -2.17. The Morgan fingerprint density at radius 3 is 2.75 bits per heavy atom. The summed E-state index contributed by atoms with van der Waals surface area (Å²) in [5.41, 5.74) is 7.65. The fourth-order valence-electron chi connectivity index (χ4n) is 1.86. The molecule has 1 heterocycles. The number of halogens is 1. The van der Waals surface area contributed by atoms with Crippen molar-refractivity contribution in [2.75, 3.05) is 4.72 Å². The van der Waals surface area contributed by atoms with Gasteiger partial charge in [-0.25, -0.2) is 8.42 Å². The molecule has 6 nitrogen and oxygen atoms in total. The summed E-state index contributed by atoms with van der Waals surface area (Å²) in [7, 11) is -3.73. The van der Waals surface area contributed by atoms with Crippen LogP contribution in [0.4, 0.5) is 5.69 Å². The Balaban J connectivity index is 2.46. The van der Waals surface area contributed by atoms with E-state index in [9.17, 15) is 8.42 Å². The summed E-state index contributed by atoms with van der Waals surface area (Å²) in [4.78, 5) is 0.111. The number of nitrogens with two attached hydrogens (primary N) is 1. The number of hydrogen-bond acceptors (Lipinski definition) is 4. The molecule has 0 spiro atoms. The molecule has 0 unspecified atom stereocenters. The maximum atomic E-state index is 12.5. The topological polar surface area (TPSA) is 101 Å². The molecular weight excluding hydrogens is 344 g/mol. The summed E-state index contributed by atoms with van der Waals surface area (Å²) < 4.78 is 28.3. The molecule has 2 aromatic rings. The van der Waals surface area contributed by atoms with Gasteiger partial charge in [0.05, 0.1) is 17.1 Å². The lowest BCUT2D eigenvalue weighted by molar-refractivity contribution is 0.599. The molecule has 0 fully saturated rings. The van der Waals surface area contributed by atoms with Gasteiger partial charge in [0.2, 0.25) is 0 Å². The van der Waals surface area contributed by atoms with Crippen LogP contribution in [0.3, 0.4) is 0 Å². The van der Waals surface area contributed by atoms with Crippen molar-refractivity contribution in [1.82, 2.24) is 10.2 Å². The second kappa shape index (κ2) is 5.55. The molecule has 1 aromatic carbocycles. The van der Waals surface area contributed by atoms with Crippen molar-refractivity contribution in [1.29, 1.82) is 0 Å². The molecule has 0 radical (unpaired) electrons. The van der Waals surface area contributed by atoms with Crippen LogP contribution >= 0.6 is 15.9 Å². The van der Waals surface area contributed by atoms with E-state index in [1.165, 1.54) is 0 Å². The molecule has 0 saturated heterocycles. The Morgan fingerprint density at radius 2 is 2.10 bits per heavy atom. The van der Waals surface area contributed by atoms with Crippen molar-refractivity contribution >= 4 is 31.6 Å². The molecule has 0 aliphatic heterocycles. The highest BCUT2D eigenvalue weighted by Gasteiger charge is 2.24. The molecule has 4 N–H and O–H groups in total. The van der Waals surface area contributed by atoms with Crippen LogP contribution in [0, 0.1) is 13.8 Å². The minimum absolute atomic E-state index is 0.0536. The highest BCUT2D eigenvalue weighted by molar-refractivity contribution is 9.10. The summed E-state index contributed by atoms with van der Waals surface area (Å²) in [6.45, 7) is 3.53. The van der Waals surface area contributed by atoms with E-state index in [0.29, 0.717) is 17.1 Å². The van der Waals surface area contributed by atoms with Gasteiger partial charge in [-0.2, -0.15) is 5.10 Å². The van der Waals surface area contributed by atoms with E-state index in [0.717, 1.165) is 10.0 Å². The number of nitrogens with one attached hydrogen (secondary N) is 2. The summed E-state index contributed by atoms with van der Waals surface area (Å²) in [5, 5.41) is 6.55. The Labute approximate surface area is 125 Å². The SMILES string of the molecule is Cc1ccc(Br)cc1NS(=O)(=O)c1c(CN)n[nH]c1C. The Kier molecular flexibility index (Phi) is 4.17. The first-order valence-electron chi connectivity index (χ1n) is 5.88. The van der Waals surface area contributed by atoms with Gasteiger partial charge in [0.15, 0.2) is 0 Å². The van der Waals surface area contributed by atoms with E-state index in [4.69, 9.17) is 5.73 Å². The molecule has 108 valence electrons. The summed E-state index contributed by atoms with van der Waals surface area (Å²) >= 11 is 3.32. The average Bonchev–Trinajstić information content (AvgIpc) is 2.75. The van der Waals surface area contributed by atoms with Crippen molar-refractivity contribution in [2.24, 2.45) is 5.73 Å². The summed E-state index contributed by atoms with van der Waals surface area (Å²) in [6, 6.07) is 5.39. The molecule has 2 rings (SSSR count). The fraction of sp³-hybridized carbons (Fsp3) is 0.250. The molecule has 0 aliphatic carbocycles. The zero-order valence-electron chi connectivity index (χ0n) is 11.1. The van der Waals surface area contributed by atoms with Crippen molar-refractivity contribution in [2.45, 2.75) is 25.3 Å². The minimum Gasteiger partial charge on any atom is -0.325 e. The number of rotatable bonds is 4.